The van der Waals surface area contributed by atoms with Crippen molar-refractivity contribution in [2.45, 2.75) is 31.3 Å². The zero-order chi connectivity index (χ0) is 26.7. The molecule has 2 amide bonds. The lowest BCUT2D eigenvalue weighted by molar-refractivity contribution is -0.138. The Morgan fingerprint density at radius 1 is 0.917 bits per heavy atom. The van der Waals surface area contributed by atoms with Gasteiger partial charge in [-0.25, -0.2) is 9.59 Å². The molecule has 0 radical (unpaired) electrons. The Balaban J connectivity index is 2.14. The lowest BCUT2D eigenvalue weighted by Crippen LogP contribution is -2.53. The SMILES string of the molecule is COC(=O)N[C@@H](Cc1ccccc1)C(=O)N[C@@H](CCC(=O)O)C(=O)COC(=O)c1c(Cl)cccc1Cl. The molecule has 0 heterocycles. The number of esters is 1. The normalized spacial score (nSPS) is 12.1. The van der Waals surface area contributed by atoms with Gasteiger partial charge in [-0.2, -0.15) is 0 Å². The number of ether oxygens (including phenoxy) is 2. The van der Waals surface area contributed by atoms with Crippen LogP contribution in [0.3, 0.4) is 0 Å². The van der Waals surface area contributed by atoms with E-state index >= 15 is 0 Å². The first-order chi connectivity index (χ1) is 17.1. The molecule has 192 valence electrons. The highest BCUT2D eigenvalue weighted by atomic mass is 35.5. The minimum absolute atomic E-state index is 0.0216. The third-order valence-electron chi connectivity index (χ3n) is 4.94. The van der Waals surface area contributed by atoms with Crippen molar-refractivity contribution in [3.05, 3.63) is 69.7 Å². The number of ketones is 1. The maximum Gasteiger partial charge on any atom is 0.407 e. The van der Waals surface area contributed by atoms with Crippen molar-refractivity contribution in [1.82, 2.24) is 10.6 Å². The van der Waals surface area contributed by atoms with E-state index in [2.05, 4.69) is 15.4 Å². The molecule has 0 spiro atoms. The number of nitrogens with one attached hydrogen (secondary N) is 2. The van der Waals surface area contributed by atoms with Gasteiger partial charge in [0.1, 0.15) is 6.04 Å². The van der Waals surface area contributed by atoms with Crippen LogP contribution in [0.1, 0.15) is 28.8 Å². The fourth-order valence-corrected chi connectivity index (χ4v) is 3.67. The topological polar surface area (TPSA) is 148 Å². The average Bonchev–Trinajstić information content (AvgIpc) is 2.84. The van der Waals surface area contributed by atoms with Crippen LogP contribution >= 0.6 is 23.2 Å². The summed E-state index contributed by atoms with van der Waals surface area (Å²) in [7, 11) is 1.13. The largest absolute Gasteiger partial charge is 0.481 e. The molecule has 0 aromatic heterocycles. The molecule has 0 saturated heterocycles. The predicted octanol–water partition coefficient (Wildman–Crippen LogP) is 3.04. The number of amides is 2. The standard InChI is InChI=1S/C24H24Cl2N2O8/c1-35-24(34)28-18(12-14-6-3-2-4-7-14)22(32)27-17(10-11-20(30)31)19(29)13-36-23(33)21-15(25)8-5-9-16(21)26/h2-9,17-18H,10-13H2,1H3,(H,27,32)(H,28,34)(H,30,31)/t17-,18-/m0/s1. The van der Waals surface area contributed by atoms with Crippen molar-refractivity contribution in [2.75, 3.05) is 13.7 Å². The maximum atomic E-state index is 13.0. The summed E-state index contributed by atoms with van der Waals surface area (Å²) in [6.07, 6.45) is -1.53. The van der Waals surface area contributed by atoms with Crippen molar-refractivity contribution in [2.24, 2.45) is 0 Å². The molecular weight excluding hydrogens is 515 g/mol. The fourth-order valence-electron chi connectivity index (χ4n) is 3.12. The van der Waals surface area contributed by atoms with E-state index in [1.54, 1.807) is 30.3 Å². The van der Waals surface area contributed by atoms with Crippen LogP contribution < -0.4 is 10.6 Å². The molecule has 0 saturated carbocycles. The number of aliphatic carboxylic acids is 1. The van der Waals surface area contributed by atoms with E-state index in [-0.39, 0.29) is 28.5 Å². The van der Waals surface area contributed by atoms with Crippen LogP contribution in [-0.4, -0.2) is 60.6 Å². The van der Waals surface area contributed by atoms with Crippen molar-refractivity contribution in [1.29, 1.82) is 0 Å². The first-order valence-corrected chi connectivity index (χ1v) is 11.4. The van der Waals surface area contributed by atoms with E-state index in [0.717, 1.165) is 7.11 Å². The second-order valence-electron chi connectivity index (χ2n) is 7.51. The number of hydrogen-bond acceptors (Lipinski definition) is 7. The summed E-state index contributed by atoms with van der Waals surface area (Å²) < 4.78 is 9.59. The van der Waals surface area contributed by atoms with E-state index in [1.165, 1.54) is 18.2 Å². The Hall–Kier alpha value is -3.63. The number of alkyl carbamates (subject to hydrolysis) is 1. The van der Waals surface area contributed by atoms with Crippen LogP contribution in [0.4, 0.5) is 4.79 Å². The number of carbonyl (C=O) groups is 5. The van der Waals surface area contributed by atoms with Gasteiger partial charge in [0.2, 0.25) is 5.91 Å². The number of Topliss-reactive ketones (excluding diaryl/α,β-unsaturated/α-hetero) is 1. The van der Waals surface area contributed by atoms with Gasteiger partial charge in [0.15, 0.2) is 12.4 Å². The lowest BCUT2D eigenvalue weighted by atomic mass is 10.0. The average molecular weight is 539 g/mol. The molecule has 0 unspecified atom stereocenters. The van der Waals surface area contributed by atoms with Crippen LogP contribution in [0, 0.1) is 0 Å². The van der Waals surface area contributed by atoms with Gasteiger partial charge in [0, 0.05) is 12.8 Å². The Kier molecular flexibility index (Phi) is 11.2. The summed E-state index contributed by atoms with van der Waals surface area (Å²) in [5, 5.41) is 13.9. The molecule has 3 N–H and O–H groups in total. The minimum Gasteiger partial charge on any atom is -0.481 e. The van der Waals surface area contributed by atoms with Crippen molar-refractivity contribution in [3.63, 3.8) is 0 Å². The highest BCUT2D eigenvalue weighted by molar-refractivity contribution is 6.39. The molecule has 10 nitrogen and oxygen atoms in total. The predicted molar refractivity (Wildman–Crippen MR) is 130 cm³/mol. The number of rotatable bonds is 12. The van der Waals surface area contributed by atoms with Gasteiger partial charge < -0.3 is 25.2 Å². The van der Waals surface area contributed by atoms with Gasteiger partial charge in [0.05, 0.1) is 28.8 Å². The zero-order valence-corrected chi connectivity index (χ0v) is 20.7. The van der Waals surface area contributed by atoms with Crippen LogP contribution in [0.5, 0.6) is 0 Å². The molecule has 12 heteroatoms. The summed E-state index contributed by atoms with van der Waals surface area (Å²) >= 11 is 11.9. The molecule has 0 aliphatic heterocycles. The lowest BCUT2D eigenvalue weighted by Gasteiger charge is -2.22. The van der Waals surface area contributed by atoms with E-state index in [0.29, 0.717) is 5.56 Å². The summed E-state index contributed by atoms with van der Waals surface area (Å²) in [4.78, 5) is 61.0. The van der Waals surface area contributed by atoms with Gasteiger partial charge >= 0.3 is 18.0 Å². The molecule has 0 aliphatic rings. The number of carboxylic acids is 1. The second kappa shape index (κ2) is 14.1. The number of methoxy groups -OCH3 is 1. The molecule has 2 aromatic rings. The van der Waals surface area contributed by atoms with E-state index in [9.17, 15) is 24.0 Å². The Morgan fingerprint density at radius 2 is 1.56 bits per heavy atom. The number of carboxylic acid groups (broad SMARTS) is 1. The van der Waals surface area contributed by atoms with Crippen molar-refractivity contribution < 1.29 is 38.6 Å². The number of carbonyl (C=O) groups excluding carboxylic acids is 4. The molecule has 0 bridgehead atoms. The number of hydrogen-bond donors (Lipinski definition) is 3. The van der Waals surface area contributed by atoms with E-state index in [4.69, 9.17) is 33.0 Å². The summed E-state index contributed by atoms with van der Waals surface area (Å²) in [5.41, 5.74) is 0.581. The third-order valence-corrected chi connectivity index (χ3v) is 5.57. The third kappa shape index (κ3) is 8.86. The maximum absolute atomic E-state index is 13.0. The monoisotopic (exact) mass is 538 g/mol. The molecule has 0 fully saturated rings. The quantitative estimate of drug-likeness (QED) is 0.349. The summed E-state index contributed by atoms with van der Waals surface area (Å²) in [6, 6.07) is 10.7. The Morgan fingerprint density at radius 3 is 2.14 bits per heavy atom. The highest BCUT2D eigenvalue weighted by Crippen LogP contribution is 2.25. The number of benzene rings is 2. The molecular formula is C24H24Cl2N2O8. The van der Waals surface area contributed by atoms with Crippen LogP contribution in [0.2, 0.25) is 10.0 Å². The first kappa shape index (κ1) is 28.6. The van der Waals surface area contributed by atoms with Gasteiger partial charge in [-0.1, -0.05) is 59.6 Å². The van der Waals surface area contributed by atoms with Crippen LogP contribution in [-0.2, 0) is 30.3 Å². The molecule has 2 rings (SSSR count). The smallest absolute Gasteiger partial charge is 0.407 e. The van der Waals surface area contributed by atoms with Crippen LogP contribution in [0.25, 0.3) is 0 Å². The van der Waals surface area contributed by atoms with Crippen LogP contribution in [0.15, 0.2) is 48.5 Å². The molecule has 2 aromatic carbocycles. The van der Waals surface area contributed by atoms with Gasteiger partial charge in [0.25, 0.3) is 0 Å². The zero-order valence-electron chi connectivity index (χ0n) is 19.2. The van der Waals surface area contributed by atoms with E-state index in [1.807, 2.05) is 0 Å². The van der Waals surface area contributed by atoms with Crippen molar-refractivity contribution >= 4 is 52.9 Å². The highest BCUT2D eigenvalue weighted by Gasteiger charge is 2.29. The van der Waals surface area contributed by atoms with Crippen molar-refractivity contribution in [3.8, 4) is 0 Å². The van der Waals surface area contributed by atoms with E-state index < -0.39 is 54.8 Å². The molecule has 0 aliphatic carbocycles. The first-order valence-electron chi connectivity index (χ1n) is 10.7. The van der Waals surface area contributed by atoms with Gasteiger partial charge in [-0.05, 0) is 24.1 Å². The molecule has 36 heavy (non-hydrogen) atoms. The summed E-state index contributed by atoms with van der Waals surface area (Å²) in [5.74, 6) is -3.68. The Labute approximate surface area is 216 Å². The fraction of sp³-hybridized carbons (Fsp3) is 0.292. The Bertz CT molecular complexity index is 1090. The number of halogens is 2. The van der Waals surface area contributed by atoms with Gasteiger partial charge in [-0.15, -0.1) is 0 Å². The summed E-state index contributed by atoms with van der Waals surface area (Å²) in [6.45, 7) is -0.779. The minimum atomic E-state index is -1.32. The second-order valence-corrected chi connectivity index (χ2v) is 8.33. The van der Waals surface area contributed by atoms with Gasteiger partial charge in [-0.3, -0.25) is 14.4 Å². The molecule has 2 atom stereocenters.